The van der Waals surface area contributed by atoms with E-state index in [0.717, 1.165) is 0 Å². The molecule has 2 atom stereocenters. The first kappa shape index (κ1) is 24.9. The summed E-state index contributed by atoms with van der Waals surface area (Å²) in [6.07, 6.45) is -10.7. The monoisotopic (exact) mass is 498 g/mol. The largest absolute Gasteiger partial charge is 0.460 e. The van der Waals surface area contributed by atoms with Gasteiger partial charge in [-0.2, -0.15) is 40.8 Å². The average Bonchev–Trinajstić information content (AvgIpc) is 3.12. The molecule has 0 saturated heterocycles. The van der Waals surface area contributed by atoms with Crippen molar-refractivity contribution in [3.05, 3.63) is 70.7 Å². The van der Waals surface area contributed by atoms with Crippen molar-refractivity contribution < 1.29 is 45.7 Å². The van der Waals surface area contributed by atoms with Crippen molar-refractivity contribution in [2.75, 3.05) is 0 Å². The third-order valence-corrected chi connectivity index (χ3v) is 5.23. The molecule has 1 aliphatic heterocycles. The molecule has 0 spiro atoms. The molecule has 1 amide bonds. The molecule has 1 heterocycles. The minimum atomic E-state index is -6.78. The van der Waals surface area contributed by atoms with Crippen LogP contribution in [0, 0.1) is 0 Å². The zero-order valence-electron chi connectivity index (χ0n) is 16.2. The predicted molar refractivity (Wildman–Crippen MR) is 102 cm³/mol. The SMILES string of the molecule is O=C([C@@H](O)c1ccccc1)N1N=C(c2ccc(Cl)cc2)C[C@@]1(O)C(F)(F)C(F)(F)C(F)(F)F. The van der Waals surface area contributed by atoms with Gasteiger partial charge in [0, 0.05) is 11.4 Å². The number of hydrogen-bond donors (Lipinski definition) is 2. The Morgan fingerprint density at radius 1 is 1.00 bits per heavy atom. The number of alkyl halides is 7. The zero-order chi connectivity index (χ0) is 24.8. The highest BCUT2D eigenvalue weighted by Gasteiger charge is 2.82. The van der Waals surface area contributed by atoms with Crippen LogP contribution in [-0.4, -0.2) is 50.6 Å². The Balaban J connectivity index is 2.13. The van der Waals surface area contributed by atoms with Crippen LogP contribution < -0.4 is 0 Å². The Kier molecular flexibility index (Phi) is 6.24. The molecule has 2 N–H and O–H groups in total. The minimum Gasteiger partial charge on any atom is -0.378 e. The maximum Gasteiger partial charge on any atom is 0.460 e. The van der Waals surface area contributed by atoms with Gasteiger partial charge in [0.1, 0.15) is 0 Å². The van der Waals surface area contributed by atoms with Crippen LogP contribution in [0.3, 0.4) is 0 Å². The van der Waals surface area contributed by atoms with E-state index in [-0.39, 0.29) is 16.1 Å². The Morgan fingerprint density at radius 2 is 1.55 bits per heavy atom. The lowest BCUT2D eigenvalue weighted by Crippen LogP contribution is -2.69. The summed E-state index contributed by atoms with van der Waals surface area (Å²) in [5, 5.41) is 23.8. The second kappa shape index (κ2) is 8.26. The lowest BCUT2D eigenvalue weighted by Gasteiger charge is -2.41. The molecule has 0 unspecified atom stereocenters. The van der Waals surface area contributed by atoms with Crippen molar-refractivity contribution in [2.45, 2.75) is 36.3 Å². The molecule has 0 fully saturated rings. The average molecular weight is 499 g/mol. The molecule has 13 heteroatoms. The van der Waals surface area contributed by atoms with Crippen molar-refractivity contribution in [1.82, 2.24) is 5.01 Å². The van der Waals surface area contributed by atoms with Gasteiger partial charge >= 0.3 is 18.0 Å². The van der Waals surface area contributed by atoms with Crippen LogP contribution in [0.25, 0.3) is 0 Å². The van der Waals surface area contributed by atoms with Gasteiger partial charge in [-0.05, 0) is 23.3 Å². The zero-order valence-corrected chi connectivity index (χ0v) is 17.0. The Bertz CT molecular complexity index is 1060. The van der Waals surface area contributed by atoms with E-state index in [1.54, 1.807) is 0 Å². The summed E-state index contributed by atoms with van der Waals surface area (Å²) in [5.74, 6) is -14.9. The molecule has 0 saturated carbocycles. The lowest BCUT2D eigenvalue weighted by molar-refractivity contribution is -0.401. The molecular formula is C20H14ClF7N2O3. The van der Waals surface area contributed by atoms with Crippen molar-refractivity contribution in [2.24, 2.45) is 5.10 Å². The van der Waals surface area contributed by atoms with Gasteiger partial charge in [-0.15, -0.1) is 0 Å². The quantitative estimate of drug-likeness (QED) is 0.595. The van der Waals surface area contributed by atoms with E-state index < -0.39 is 52.9 Å². The normalized spacial score (nSPS) is 20.5. The number of hydrazone groups is 1. The van der Waals surface area contributed by atoms with Gasteiger partial charge in [0.25, 0.3) is 5.91 Å². The van der Waals surface area contributed by atoms with Gasteiger partial charge in [-0.25, -0.2) is 0 Å². The van der Waals surface area contributed by atoms with Crippen molar-refractivity contribution in [1.29, 1.82) is 0 Å². The van der Waals surface area contributed by atoms with E-state index in [4.69, 9.17) is 11.6 Å². The van der Waals surface area contributed by atoms with Gasteiger partial charge in [-0.1, -0.05) is 54.1 Å². The smallest absolute Gasteiger partial charge is 0.378 e. The first-order valence-corrected chi connectivity index (χ1v) is 9.46. The van der Waals surface area contributed by atoms with E-state index in [2.05, 4.69) is 5.10 Å². The highest BCUT2D eigenvalue weighted by atomic mass is 35.5. The number of rotatable bonds is 5. The fraction of sp³-hybridized carbons (Fsp3) is 0.300. The second-order valence-electron chi connectivity index (χ2n) is 7.16. The molecule has 1 aliphatic rings. The molecule has 5 nitrogen and oxygen atoms in total. The number of carbonyl (C=O) groups is 1. The fourth-order valence-corrected chi connectivity index (χ4v) is 3.27. The molecule has 2 aromatic carbocycles. The summed E-state index contributed by atoms with van der Waals surface area (Å²) in [6.45, 7) is 0. The molecule has 0 bridgehead atoms. The molecule has 178 valence electrons. The van der Waals surface area contributed by atoms with E-state index in [1.165, 1.54) is 54.6 Å². The molecule has 2 aromatic rings. The van der Waals surface area contributed by atoms with Crippen LogP contribution in [0.1, 0.15) is 23.7 Å². The number of amides is 1. The number of benzene rings is 2. The summed E-state index contributed by atoms with van der Waals surface area (Å²) in [4.78, 5) is 12.7. The lowest BCUT2D eigenvalue weighted by atomic mass is 9.91. The molecule has 0 aromatic heterocycles. The maximum absolute atomic E-state index is 14.7. The summed E-state index contributed by atoms with van der Waals surface area (Å²) >= 11 is 5.71. The summed E-state index contributed by atoms with van der Waals surface area (Å²) in [6, 6.07) is 11.3. The predicted octanol–water partition coefficient (Wildman–Crippen LogP) is 4.53. The molecule has 0 radical (unpaired) electrons. The molecular weight excluding hydrogens is 485 g/mol. The molecule has 3 rings (SSSR count). The van der Waals surface area contributed by atoms with Crippen molar-refractivity contribution in [3.8, 4) is 0 Å². The highest BCUT2D eigenvalue weighted by Crippen LogP contribution is 2.55. The number of aliphatic hydroxyl groups is 2. The topological polar surface area (TPSA) is 73.1 Å². The third-order valence-electron chi connectivity index (χ3n) is 4.97. The van der Waals surface area contributed by atoms with Crippen molar-refractivity contribution >= 4 is 23.2 Å². The number of carbonyl (C=O) groups excluding carboxylic acids is 1. The van der Waals surface area contributed by atoms with Crippen LogP contribution >= 0.6 is 11.6 Å². The maximum atomic E-state index is 14.7. The highest BCUT2D eigenvalue weighted by molar-refractivity contribution is 6.30. The first-order chi connectivity index (χ1) is 15.1. The van der Waals surface area contributed by atoms with E-state index >= 15 is 0 Å². The summed E-state index contributed by atoms with van der Waals surface area (Å²) < 4.78 is 95.6. The molecule has 33 heavy (non-hydrogen) atoms. The van der Waals surface area contributed by atoms with Gasteiger partial charge in [0.2, 0.25) is 5.72 Å². The van der Waals surface area contributed by atoms with Gasteiger partial charge in [0.05, 0.1) is 5.71 Å². The second-order valence-corrected chi connectivity index (χ2v) is 7.59. The van der Waals surface area contributed by atoms with E-state index in [9.17, 15) is 45.7 Å². The van der Waals surface area contributed by atoms with Crippen LogP contribution in [-0.2, 0) is 4.79 Å². The van der Waals surface area contributed by atoms with Gasteiger partial charge < -0.3 is 10.2 Å². The van der Waals surface area contributed by atoms with E-state index in [1.807, 2.05) is 0 Å². The van der Waals surface area contributed by atoms with Gasteiger partial charge in [0.15, 0.2) is 6.10 Å². The number of halogens is 8. The fourth-order valence-electron chi connectivity index (χ4n) is 3.15. The number of hydrogen-bond acceptors (Lipinski definition) is 4. The summed E-state index contributed by atoms with van der Waals surface area (Å²) in [5.41, 5.74) is -5.37. The number of nitrogens with zero attached hydrogens (tertiary/aromatic N) is 2. The molecule has 0 aliphatic carbocycles. The Hall–Kier alpha value is -2.70. The summed E-state index contributed by atoms with van der Waals surface area (Å²) in [7, 11) is 0. The first-order valence-electron chi connectivity index (χ1n) is 9.09. The van der Waals surface area contributed by atoms with Crippen LogP contribution in [0.4, 0.5) is 30.7 Å². The standard InChI is InChI=1S/C20H14ClF7N2O3/c21-13-8-6-11(7-9-13)14-10-17(33,18(22,23)19(24,25)20(26,27)28)30(29-14)16(32)15(31)12-4-2-1-3-5-12/h1-9,15,31,33H,10H2/t15-,17+/m0/s1. The third kappa shape index (κ3) is 4.06. The number of aliphatic hydroxyl groups excluding tert-OH is 1. The van der Waals surface area contributed by atoms with Crippen LogP contribution in [0.15, 0.2) is 59.7 Å². The van der Waals surface area contributed by atoms with Crippen LogP contribution in [0.5, 0.6) is 0 Å². The Labute approximate surface area is 186 Å². The Morgan fingerprint density at radius 3 is 2.06 bits per heavy atom. The van der Waals surface area contributed by atoms with E-state index in [0.29, 0.717) is 0 Å². The van der Waals surface area contributed by atoms with Gasteiger partial charge in [-0.3, -0.25) is 4.79 Å². The van der Waals surface area contributed by atoms with Crippen LogP contribution in [0.2, 0.25) is 5.02 Å². The van der Waals surface area contributed by atoms with Crippen molar-refractivity contribution in [3.63, 3.8) is 0 Å². The minimum absolute atomic E-state index is 0.0894.